The Balaban J connectivity index is 2.38. The van der Waals surface area contributed by atoms with Crippen molar-refractivity contribution in [3.05, 3.63) is 52.0 Å². The number of hydrogen-bond donors (Lipinski definition) is 0. The predicted molar refractivity (Wildman–Crippen MR) is 104 cm³/mol. The molecule has 4 heteroatoms. The predicted octanol–water partition coefficient (Wildman–Crippen LogP) is 5.78. The topological polar surface area (TPSA) is 30.7 Å². The monoisotopic (exact) mass is 385 g/mol. The number of fused-ring (bicyclic) bond motifs is 1. The van der Waals surface area contributed by atoms with E-state index in [-0.39, 0.29) is 10.8 Å². The van der Waals surface area contributed by atoms with Crippen LogP contribution in [0.25, 0.3) is 16.7 Å². The number of benzene rings is 2. The van der Waals surface area contributed by atoms with E-state index in [0.717, 1.165) is 21.2 Å². The summed E-state index contributed by atoms with van der Waals surface area (Å²) in [5.74, 6) is 0. The minimum Gasteiger partial charge on any atom is -0.212 e. The first kappa shape index (κ1) is 17.2. The van der Waals surface area contributed by atoms with Gasteiger partial charge in [0, 0.05) is 4.47 Å². The maximum absolute atomic E-state index is 4.45. The third-order valence-electron chi connectivity index (χ3n) is 4.27. The van der Waals surface area contributed by atoms with E-state index in [9.17, 15) is 0 Å². The van der Waals surface area contributed by atoms with Gasteiger partial charge >= 0.3 is 0 Å². The van der Waals surface area contributed by atoms with Gasteiger partial charge in [0.1, 0.15) is 5.52 Å². The van der Waals surface area contributed by atoms with Gasteiger partial charge in [0.05, 0.1) is 11.2 Å². The van der Waals surface area contributed by atoms with Gasteiger partial charge in [-0.05, 0) is 46.2 Å². The van der Waals surface area contributed by atoms with E-state index in [1.165, 1.54) is 11.1 Å². The molecule has 126 valence electrons. The molecular weight excluding hydrogens is 362 g/mol. The summed E-state index contributed by atoms with van der Waals surface area (Å²) in [7, 11) is 0. The van der Waals surface area contributed by atoms with E-state index >= 15 is 0 Å². The fourth-order valence-electron chi connectivity index (χ4n) is 2.98. The third-order valence-corrected chi connectivity index (χ3v) is 4.89. The van der Waals surface area contributed by atoms with Gasteiger partial charge in [0.2, 0.25) is 0 Å². The van der Waals surface area contributed by atoms with Crippen LogP contribution in [-0.2, 0) is 10.8 Å². The van der Waals surface area contributed by atoms with Crippen molar-refractivity contribution < 1.29 is 0 Å². The standard InChI is InChI=1S/C20H24BrN3/c1-19(2,3)13-11-14(21)18(20(4,5)6)17(12-13)24-16-10-8-7-9-15(16)22-23-24/h7-12H,1-6H3. The quantitative estimate of drug-likeness (QED) is 0.531. The molecule has 0 fully saturated rings. The average molecular weight is 386 g/mol. The van der Waals surface area contributed by atoms with Crippen molar-refractivity contribution in [2.75, 3.05) is 0 Å². The van der Waals surface area contributed by atoms with Crippen molar-refractivity contribution in [2.45, 2.75) is 52.4 Å². The molecule has 0 aliphatic heterocycles. The summed E-state index contributed by atoms with van der Waals surface area (Å²) in [6.07, 6.45) is 0. The summed E-state index contributed by atoms with van der Waals surface area (Å²) >= 11 is 3.81. The first-order valence-corrected chi connectivity index (χ1v) is 9.03. The summed E-state index contributed by atoms with van der Waals surface area (Å²) < 4.78 is 3.09. The Kier molecular flexibility index (Phi) is 4.07. The number of nitrogens with zero attached hydrogens (tertiary/aromatic N) is 3. The van der Waals surface area contributed by atoms with Crippen LogP contribution in [0.3, 0.4) is 0 Å². The second kappa shape index (κ2) is 5.69. The van der Waals surface area contributed by atoms with Crippen molar-refractivity contribution in [2.24, 2.45) is 0 Å². The van der Waals surface area contributed by atoms with E-state index in [1.54, 1.807) is 0 Å². The third kappa shape index (κ3) is 3.00. The average Bonchev–Trinajstić information content (AvgIpc) is 2.87. The summed E-state index contributed by atoms with van der Waals surface area (Å²) in [4.78, 5) is 0. The lowest BCUT2D eigenvalue weighted by molar-refractivity contribution is 0.567. The van der Waals surface area contributed by atoms with Crippen molar-refractivity contribution in [1.29, 1.82) is 0 Å². The molecule has 0 N–H and O–H groups in total. The molecule has 3 rings (SSSR count). The van der Waals surface area contributed by atoms with Gasteiger partial charge in [-0.2, -0.15) is 0 Å². The van der Waals surface area contributed by atoms with Gasteiger partial charge in [-0.1, -0.05) is 74.8 Å². The number of rotatable bonds is 1. The molecule has 1 aromatic heterocycles. The molecule has 24 heavy (non-hydrogen) atoms. The summed E-state index contributed by atoms with van der Waals surface area (Å²) in [6.45, 7) is 13.4. The second-order valence-corrected chi connectivity index (χ2v) is 9.20. The second-order valence-electron chi connectivity index (χ2n) is 8.34. The zero-order chi connectivity index (χ0) is 17.7. The molecule has 0 radical (unpaired) electrons. The molecule has 0 saturated carbocycles. The lowest BCUT2D eigenvalue weighted by atomic mass is 9.81. The highest BCUT2D eigenvalue weighted by atomic mass is 79.9. The summed E-state index contributed by atoms with van der Waals surface area (Å²) in [6, 6.07) is 12.6. The van der Waals surface area contributed by atoms with Crippen LogP contribution in [0.4, 0.5) is 0 Å². The zero-order valence-electron chi connectivity index (χ0n) is 15.2. The van der Waals surface area contributed by atoms with Crippen LogP contribution in [0, 0.1) is 0 Å². The van der Waals surface area contributed by atoms with Crippen molar-refractivity contribution in [3.63, 3.8) is 0 Å². The molecular formula is C20H24BrN3. The highest BCUT2D eigenvalue weighted by molar-refractivity contribution is 9.10. The number of aromatic nitrogens is 3. The molecule has 0 saturated heterocycles. The van der Waals surface area contributed by atoms with Gasteiger partial charge in [0.25, 0.3) is 0 Å². The lowest BCUT2D eigenvalue weighted by Gasteiger charge is -2.28. The van der Waals surface area contributed by atoms with Crippen LogP contribution in [0.2, 0.25) is 0 Å². The zero-order valence-corrected chi connectivity index (χ0v) is 16.8. The van der Waals surface area contributed by atoms with E-state index < -0.39 is 0 Å². The molecule has 3 nitrogen and oxygen atoms in total. The van der Waals surface area contributed by atoms with E-state index in [2.05, 4.69) is 86.0 Å². The Bertz CT molecular complexity index is 895. The van der Waals surface area contributed by atoms with Crippen LogP contribution >= 0.6 is 15.9 Å². The summed E-state index contributed by atoms with van der Waals surface area (Å²) in [5.41, 5.74) is 5.59. The van der Waals surface area contributed by atoms with Crippen LogP contribution < -0.4 is 0 Å². The van der Waals surface area contributed by atoms with E-state index in [1.807, 2.05) is 22.9 Å². The van der Waals surface area contributed by atoms with Crippen LogP contribution in [0.1, 0.15) is 52.7 Å². The van der Waals surface area contributed by atoms with Gasteiger partial charge in [-0.25, -0.2) is 4.68 Å². The molecule has 1 heterocycles. The van der Waals surface area contributed by atoms with E-state index in [4.69, 9.17) is 0 Å². The van der Waals surface area contributed by atoms with E-state index in [0.29, 0.717) is 0 Å². The number of para-hydroxylation sites is 1. The van der Waals surface area contributed by atoms with Gasteiger partial charge < -0.3 is 0 Å². The minimum atomic E-state index is -0.0162. The first-order valence-electron chi connectivity index (χ1n) is 8.24. The highest BCUT2D eigenvalue weighted by Crippen LogP contribution is 2.39. The maximum Gasteiger partial charge on any atom is 0.113 e. The first-order chi connectivity index (χ1) is 11.1. The molecule has 0 aliphatic carbocycles. The SMILES string of the molecule is CC(C)(C)c1cc(Br)c(C(C)(C)C)c(-n2nnc3ccccc32)c1. The molecule has 0 bridgehead atoms. The molecule has 0 aliphatic rings. The number of halogens is 1. The van der Waals surface area contributed by atoms with Gasteiger partial charge in [-0.3, -0.25) is 0 Å². The van der Waals surface area contributed by atoms with Crippen molar-refractivity contribution >= 4 is 27.0 Å². The summed E-state index contributed by atoms with van der Waals surface area (Å²) in [5, 5.41) is 8.79. The Morgan fingerprint density at radius 1 is 0.917 bits per heavy atom. The van der Waals surface area contributed by atoms with Gasteiger partial charge in [0.15, 0.2) is 0 Å². The Morgan fingerprint density at radius 2 is 1.58 bits per heavy atom. The van der Waals surface area contributed by atoms with Crippen molar-refractivity contribution in [1.82, 2.24) is 15.0 Å². The number of hydrogen-bond acceptors (Lipinski definition) is 2. The Labute approximate surface area is 152 Å². The largest absolute Gasteiger partial charge is 0.212 e. The Morgan fingerprint density at radius 3 is 2.21 bits per heavy atom. The molecule has 0 spiro atoms. The van der Waals surface area contributed by atoms with Gasteiger partial charge in [-0.15, -0.1) is 5.10 Å². The highest BCUT2D eigenvalue weighted by Gasteiger charge is 2.26. The molecule has 2 aromatic carbocycles. The van der Waals surface area contributed by atoms with Crippen LogP contribution in [0.15, 0.2) is 40.9 Å². The fourth-order valence-corrected chi connectivity index (χ4v) is 4.03. The molecule has 0 amide bonds. The molecule has 0 atom stereocenters. The lowest BCUT2D eigenvalue weighted by Crippen LogP contribution is -2.20. The van der Waals surface area contributed by atoms with Crippen LogP contribution in [-0.4, -0.2) is 15.0 Å². The van der Waals surface area contributed by atoms with Crippen LogP contribution in [0.5, 0.6) is 0 Å². The minimum absolute atomic E-state index is 0.0162. The normalized spacial score (nSPS) is 12.8. The molecule has 0 unspecified atom stereocenters. The van der Waals surface area contributed by atoms with Crippen molar-refractivity contribution in [3.8, 4) is 5.69 Å². The maximum atomic E-state index is 4.45. The molecule has 3 aromatic rings. The smallest absolute Gasteiger partial charge is 0.113 e. The Hall–Kier alpha value is -1.68. The fraction of sp³-hybridized carbons (Fsp3) is 0.400.